The van der Waals surface area contributed by atoms with Crippen molar-refractivity contribution in [2.75, 3.05) is 0 Å². The van der Waals surface area contributed by atoms with Crippen LogP contribution in [-0.2, 0) is 9.09 Å². The van der Waals surface area contributed by atoms with E-state index in [1.165, 1.54) is 17.2 Å². The van der Waals surface area contributed by atoms with Crippen molar-refractivity contribution in [3.05, 3.63) is 29.6 Å². The maximum absolute atomic E-state index is 12.2. The van der Waals surface area contributed by atoms with Crippen LogP contribution in [0, 0.1) is 0 Å². The molecule has 1 atom stereocenters. The fraction of sp³-hybridized carbons (Fsp3) is 0.333. The van der Waals surface area contributed by atoms with Crippen LogP contribution in [0.2, 0.25) is 0 Å². The zero-order valence-corrected chi connectivity index (χ0v) is 9.79. The molecule has 78 valence electrons. The first kappa shape index (κ1) is 11.5. The van der Waals surface area contributed by atoms with Gasteiger partial charge < -0.3 is 9.63 Å². The Balaban J connectivity index is 3.00. The Bertz CT molecular complexity index is 343. The van der Waals surface area contributed by atoms with Gasteiger partial charge in [0.1, 0.15) is 0 Å². The first-order valence-electron chi connectivity index (χ1n) is 4.22. The summed E-state index contributed by atoms with van der Waals surface area (Å²) in [6, 6.07) is 3.55. The third kappa shape index (κ3) is 2.71. The predicted molar refractivity (Wildman–Crippen MR) is 59.5 cm³/mol. The number of thiophene rings is 1. The highest BCUT2D eigenvalue weighted by molar-refractivity contribution is 7.75. The number of hydrogen-bond donors (Lipinski definition) is 1. The van der Waals surface area contributed by atoms with E-state index in [4.69, 9.17) is 9.63 Å². The van der Waals surface area contributed by atoms with Crippen molar-refractivity contribution in [3.8, 4) is 0 Å². The summed E-state index contributed by atoms with van der Waals surface area (Å²) < 4.78 is 18.2. The summed E-state index contributed by atoms with van der Waals surface area (Å²) >= 11 is 1.36. The maximum atomic E-state index is 12.2. The molecule has 1 unspecified atom stereocenters. The fourth-order valence-electron chi connectivity index (χ4n) is 1.01. The van der Waals surface area contributed by atoms with Crippen LogP contribution in [0.25, 0.3) is 0 Å². The highest BCUT2D eigenvalue weighted by Crippen LogP contribution is 2.49. The van der Waals surface area contributed by atoms with E-state index in [0.29, 0.717) is 4.62 Å². The highest BCUT2D eigenvalue weighted by Gasteiger charge is 2.25. The molecule has 5 heteroatoms. The molecule has 0 fully saturated rings. The second-order valence-electron chi connectivity index (χ2n) is 3.00. The molecule has 0 aromatic carbocycles. The smallest absolute Gasteiger partial charge is 0.267 e. The largest absolute Gasteiger partial charge is 0.515 e. The maximum Gasteiger partial charge on any atom is 0.267 e. The fourth-order valence-corrected chi connectivity index (χ4v) is 3.96. The van der Waals surface area contributed by atoms with E-state index in [1.54, 1.807) is 6.07 Å². The van der Waals surface area contributed by atoms with Crippen LogP contribution in [-0.4, -0.2) is 11.2 Å². The molecule has 0 amide bonds. The van der Waals surface area contributed by atoms with Gasteiger partial charge in [-0.15, -0.1) is 11.3 Å². The molecule has 0 bridgehead atoms. The Labute approximate surface area is 87.5 Å². The van der Waals surface area contributed by atoms with Gasteiger partial charge >= 0.3 is 0 Å². The third-order valence-electron chi connectivity index (χ3n) is 1.44. The van der Waals surface area contributed by atoms with Crippen molar-refractivity contribution in [3.63, 3.8) is 0 Å². The van der Waals surface area contributed by atoms with Gasteiger partial charge in [0, 0.05) is 5.82 Å². The lowest BCUT2D eigenvalue weighted by molar-refractivity contribution is 0.253. The molecule has 1 heterocycles. The molecule has 1 aromatic heterocycles. The molecule has 14 heavy (non-hydrogen) atoms. The molecule has 1 aromatic rings. The van der Waals surface area contributed by atoms with Crippen molar-refractivity contribution in [2.24, 2.45) is 0 Å². The topological polar surface area (TPSA) is 46.5 Å². The Morgan fingerprint density at radius 2 is 2.36 bits per heavy atom. The summed E-state index contributed by atoms with van der Waals surface area (Å²) in [5.41, 5.74) is 0. The summed E-state index contributed by atoms with van der Waals surface area (Å²) in [5.74, 6) is 1.22. The number of aliphatic hydroxyl groups is 1. The van der Waals surface area contributed by atoms with Gasteiger partial charge in [-0.25, -0.2) is 0 Å². The van der Waals surface area contributed by atoms with Crippen molar-refractivity contribution < 1.29 is 14.2 Å². The lowest BCUT2D eigenvalue weighted by Gasteiger charge is -2.15. The van der Waals surface area contributed by atoms with Crippen LogP contribution >= 0.6 is 18.7 Å². The number of hydrogen-bond acceptors (Lipinski definition) is 4. The van der Waals surface area contributed by atoms with E-state index < -0.39 is 7.37 Å². The molecule has 0 aliphatic rings. The van der Waals surface area contributed by atoms with Gasteiger partial charge in [0.05, 0.1) is 17.0 Å². The van der Waals surface area contributed by atoms with E-state index in [-0.39, 0.29) is 6.10 Å². The van der Waals surface area contributed by atoms with E-state index in [1.807, 2.05) is 25.3 Å². The molecule has 0 saturated heterocycles. The normalized spacial score (nSPS) is 16.2. The Morgan fingerprint density at radius 1 is 1.64 bits per heavy atom. The van der Waals surface area contributed by atoms with E-state index in [9.17, 15) is 4.57 Å². The van der Waals surface area contributed by atoms with Crippen molar-refractivity contribution >= 4 is 23.3 Å². The van der Waals surface area contributed by atoms with Crippen LogP contribution in [0.5, 0.6) is 0 Å². The van der Waals surface area contributed by atoms with E-state index in [2.05, 4.69) is 0 Å². The van der Waals surface area contributed by atoms with Gasteiger partial charge in [-0.05, 0) is 25.3 Å². The Morgan fingerprint density at radius 3 is 2.79 bits per heavy atom. The Kier molecular flexibility index (Phi) is 3.93. The van der Waals surface area contributed by atoms with E-state index >= 15 is 0 Å². The molecular formula is C9H13O3PS. The van der Waals surface area contributed by atoms with Gasteiger partial charge in [-0.2, -0.15) is 0 Å². The molecule has 0 radical (unpaired) electrons. The van der Waals surface area contributed by atoms with Crippen LogP contribution in [0.4, 0.5) is 0 Å². The first-order valence-corrected chi connectivity index (χ1v) is 6.80. The van der Waals surface area contributed by atoms with Gasteiger partial charge in [-0.1, -0.05) is 6.07 Å². The van der Waals surface area contributed by atoms with Gasteiger partial charge in [0.15, 0.2) is 0 Å². The lowest BCUT2D eigenvalue weighted by atomic mass is 10.5. The molecular weight excluding hydrogens is 219 g/mol. The minimum Gasteiger partial charge on any atom is -0.515 e. The van der Waals surface area contributed by atoms with Crippen molar-refractivity contribution in [1.82, 2.24) is 0 Å². The number of aliphatic hydroxyl groups excluding tert-OH is 1. The molecule has 0 aliphatic heterocycles. The Hall–Kier alpha value is -0.570. The standard InChI is InChI=1S/C9H13O3PS/c1-8(2)12-13(11,6-5-10)9-4-3-7-14-9/h3-8,10H,1-2H3/b6-5+. The molecule has 0 aliphatic carbocycles. The highest BCUT2D eigenvalue weighted by atomic mass is 32.1. The van der Waals surface area contributed by atoms with Gasteiger partial charge in [-0.3, -0.25) is 4.57 Å². The van der Waals surface area contributed by atoms with Crippen LogP contribution in [0.3, 0.4) is 0 Å². The van der Waals surface area contributed by atoms with Gasteiger partial charge in [0.25, 0.3) is 7.37 Å². The quantitative estimate of drug-likeness (QED) is 0.641. The lowest BCUT2D eigenvalue weighted by Crippen LogP contribution is -2.06. The van der Waals surface area contributed by atoms with Crippen LogP contribution in [0.1, 0.15) is 13.8 Å². The average Bonchev–Trinajstić information content (AvgIpc) is 2.54. The van der Waals surface area contributed by atoms with Crippen molar-refractivity contribution in [1.29, 1.82) is 0 Å². The summed E-state index contributed by atoms with van der Waals surface area (Å²) in [6.45, 7) is 3.62. The summed E-state index contributed by atoms with van der Waals surface area (Å²) in [4.78, 5) is 0. The average molecular weight is 232 g/mol. The second-order valence-corrected chi connectivity index (χ2v) is 6.44. The summed E-state index contributed by atoms with van der Waals surface area (Å²) in [5, 5.41) is 10.5. The minimum atomic E-state index is -2.99. The molecule has 3 nitrogen and oxygen atoms in total. The van der Waals surface area contributed by atoms with Crippen LogP contribution in [0.15, 0.2) is 29.6 Å². The monoisotopic (exact) mass is 232 g/mol. The minimum absolute atomic E-state index is 0.140. The van der Waals surface area contributed by atoms with Crippen LogP contribution < -0.4 is 4.62 Å². The molecule has 1 rings (SSSR count). The first-order chi connectivity index (χ1) is 6.58. The zero-order valence-electron chi connectivity index (χ0n) is 8.08. The second kappa shape index (κ2) is 4.78. The summed E-state index contributed by atoms with van der Waals surface area (Å²) in [7, 11) is -2.99. The predicted octanol–water partition coefficient (Wildman–Crippen LogP) is 3.11. The number of rotatable bonds is 4. The van der Waals surface area contributed by atoms with Crippen molar-refractivity contribution in [2.45, 2.75) is 20.0 Å². The molecule has 0 saturated carbocycles. The SMILES string of the molecule is CC(C)OP(=O)(/C=C/O)c1cccs1. The summed E-state index contributed by atoms with van der Waals surface area (Å²) in [6.07, 6.45) is 0.641. The third-order valence-corrected chi connectivity index (χ3v) is 5.22. The zero-order chi connectivity index (χ0) is 10.6. The van der Waals surface area contributed by atoms with E-state index in [0.717, 1.165) is 6.26 Å². The molecule has 1 N–H and O–H groups in total. The molecule has 0 spiro atoms. The van der Waals surface area contributed by atoms with Gasteiger partial charge in [0.2, 0.25) is 0 Å².